The van der Waals surface area contributed by atoms with Gasteiger partial charge in [0.2, 0.25) is 0 Å². The van der Waals surface area contributed by atoms with Gasteiger partial charge in [0.05, 0.1) is 29.3 Å². The molecule has 1 aromatic heterocycles. The molecule has 0 saturated heterocycles. The number of carbonyl (C=O) groups excluding carboxylic acids is 1. The lowest BCUT2D eigenvalue weighted by Gasteiger charge is -2.13. The van der Waals surface area contributed by atoms with Crippen LogP contribution in [0.4, 0.5) is 0 Å². The maximum atomic E-state index is 12.2. The van der Waals surface area contributed by atoms with Crippen molar-refractivity contribution in [1.29, 1.82) is 0 Å². The van der Waals surface area contributed by atoms with E-state index in [4.69, 9.17) is 9.47 Å². The average Bonchev–Trinajstić information content (AvgIpc) is 3.26. The van der Waals surface area contributed by atoms with E-state index in [1.54, 1.807) is 24.7 Å². The number of rotatable bonds is 9. The molecule has 6 nitrogen and oxygen atoms in total. The zero-order valence-electron chi connectivity index (χ0n) is 17.7. The van der Waals surface area contributed by atoms with Gasteiger partial charge in [0, 0.05) is 10.0 Å². The minimum absolute atomic E-state index is 0.212. The highest BCUT2D eigenvalue weighted by molar-refractivity contribution is 9.10. The summed E-state index contributed by atoms with van der Waals surface area (Å²) in [7, 11) is 1.59. The van der Waals surface area contributed by atoms with Crippen molar-refractivity contribution in [1.82, 2.24) is 10.4 Å². The van der Waals surface area contributed by atoms with Crippen LogP contribution in [0.2, 0.25) is 0 Å². The lowest BCUT2D eigenvalue weighted by Crippen LogP contribution is -2.19. The van der Waals surface area contributed by atoms with Crippen molar-refractivity contribution in [2.75, 3.05) is 12.9 Å². The lowest BCUT2D eigenvalue weighted by atomic mass is 10.2. The van der Waals surface area contributed by atoms with Crippen molar-refractivity contribution >= 4 is 61.4 Å². The molecule has 0 radical (unpaired) electrons. The third-order valence-electron chi connectivity index (χ3n) is 4.52. The number of benzene rings is 3. The van der Waals surface area contributed by atoms with Crippen molar-refractivity contribution < 1.29 is 14.3 Å². The first kappa shape index (κ1) is 23.3. The van der Waals surface area contributed by atoms with Gasteiger partial charge in [-0.05, 0) is 42.0 Å². The largest absolute Gasteiger partial charge is 0.493 e. The average molecular weight is 542 g/mol. The number of hydrazone groups is 1. The molecule has 0 aliphatic rings. The highest BCUT2D eigenvalue weighted by atomic mass is 79.9. The third kappa shape index (κ3) is 6.34. The minimum Gasteiger partial charge on any atom is -0.493 e. The number of thioether (sulfide) groups is 1. The predicted molar refractivity (Wildman–Crippen MR) is 138 cm³/mol. The Morgan fingerprint density at radius 1 is 1.15 bits per heavy atom. The van der Waals surface area contributed by atoms with E-state index in [9.17, 15) is 4.79 Å². The number of aromatic nitrogens is 1. The normalized spacial score (nSPS) is 11.1. The highest BCUT2D eigenvalue weighted by Crippen LogP contribution is 2.31. The number of para-hydroxylation sites is 2. The molecule has 0 aliphatic carbocycles. The fourth-order valence-corrected chi connectivity index (χ4v) is 5.06. The second-order valence-electron chi connectivity index (χ2n) is 6.82. The second kappa shape index (κ2) is 11.3. The maximum Gasteiger partial charge on any atom is 0.250 e. The van der Waals surface area contributed by atoms with Crippen molar-refractivity contribution in [2.45, 2.75) is 10.9 Å². The van der Waals surface area contributed by atoms with Gasteiger partial charge in [-0.1, -0.05) is 58.0 Å². The number of halogens is 1. The van der Waals surface area contributed by atoms with Gasteiger partial charge in [0.25, 0.3) is 5.91 Å². The summed E-state index contributed by atoms with van der Waals surface area (Å²) in [4.78, 5) is 16.8. The van der Waals surface area contributed by atoms with Crippen LogP contribution >= 0.6 is 39.0 Å². The monoisotopic (exact) mass is 541 g/mol. The number of carbonyl (C=O) groups is 1. The molecule has 0 fully saturated rings. The number of nitrogens with one attached hydrogen (secondary N) is 1. The molecule has 4 aromatic rings. The van der Waals surface area contributed by atoms with Gasteiger partial charge in [-0.15, -0.1) is 11.3 Å². The second-order valence-corrected chi connectivity index (χ2v) is 9.99. The lowest BCUT2D eigenvalue weighted by molar-refractivity contribution is -0.118. The number of thiazole rings is 1. The first-order valence-corrected chi connectivity index (χ1v) is 12.6. The molecule has 1 heterocycles. The van der Waals surface area contributed by atoms with E-state index in [0.717, 1.165) is 24.6 Å². The maximum absolute atomic E-state index is 12.2. The van der Waals surface area contributed by atoms with Gasteiger partial charge in [-0.3, -0.25) is 4.79 Å². The molecule has 3 aromatic carbocycles. The fourth-order valence-electron chi connectivity index (χ4n) is 2.93. The molecule has 0 spiro atoms. The smallest absolute Gasteiger partial charge is 0.250 e. The van der Waals surface area contributed by atoms with Crippen LogP contribution < -0.4 is 14.9 Å². The van der Waals surface area contributed by atoms with Gasteiger partial charge in [0.15, 0.2) is 15.8 Å². The number of fused-ring (bicyclic) bond motifs is 1. The number of methoxy groups -OCH3 is 1. The molecule has 168 valence electrons. The standard InChI is InChI=1S/C24H20BrN3O3S2/c1-30-20-7-4-5-17(23(20)31-14-16-9-11-18(25)12-10-16)13-26-28-22(29)15-32-24-27-19-6-2-3-8-21(19)33-24/h2-13H,14-15H2,1H3,(H,28,29)/b26-13-. The number of amides is 1. The van der Waals surface area contributed by atoms with Crippen LogP contribution in [-0.2, 0) is 11.4 Å². The Morgan fingerprint density at radius 3 is 2.76 bits per heavy atom. The molecule has 4 rings (SSSR count). The molecule has 33 heavy (non-hydrogen) atoms. The molecule has 0 atom stereocenters. The molecular weight excluding hydrogens is 522 g/mol. The van der Waals surface area contributed by atoms with E-state index in [0.29, 0.717) is 23.7 Å². The van der Waals surface area contributed by atoms with Crippen LogP contribution in [0.15, 0.2) is 80.6 Å². The summed E-state index contributed by atoms with van der Waals surface area (Å²) >= 11 is 6.39. The van der Waals surface area contributed by atoms with Crippen LogP contribution in [0.25, 0.3) is 10.2 Å². The number of hydrogen-bond acceptors (Lipinski definition) is 7. The number of nitrogens with zero attached hydrogens (tertiary/aromatic N) is 2. The molecule has 0 aliphatic heterocycles. The first-order valence-electron chi connectivity index (χ1n) is 9.97. The van der Waals surface area contributed by atoms with E-state index in [1.165, 1.54) is 11.8 Å². The topological polar surface area (TPSA) is 72.8 Å². The number of ether oxygens (including phenoxy) is 2. The van der Waals surface area contributed by atoms with Gasteiger partial charge in [-0.2, -0.15) is 5.10 Å². The van der Waals surface area contributed by atoms with Crippen molar-refractivity contribution in [3.63, 3.8) is 0 Å². The molecule has 0 saturated carbocycles. The van der Waals surface area contributed by atoms with Crippen LogP contribution in [0, 0.1) is 0 Å². The summed E-state index contributed by atoms with van der Waals surface area (Å²) in [6, 6.07) is 21.3. The summed E-state index contributed by atoms with van der Waals surface area (Å²) in [5, 5.41) is 4.10. The quantitative estimate of drug-likeness (QED) is 0.162. The Balaban J connectivity index is 1.36. The Morgan fingerprint density at radius 2 is 1.97 bits per heavy atom. The first-order chi connectivity index (χ1) is 16.1. The summed E-state index contributed by atoms with van der Waals surface area (Å²) in [6.45, 7) is 0.375. The van der Waals surface area contributed by atoms with E-state index < -0.39 is 0 Å². The predicted octanol–water partition coefficient (Wildman–Crippen LogP) is 5.89. The SMILES string of the molecule is COc1cccc(/C=N\NC(=O)CSc2nc3ccccc3s2)c1OCc1ccc(Br)cc1. The molecular formula is C24H20BrN3O3S2. The van der Waals surface area contributed by atoms with E-state index in [2.05, 4.69) is 31.4 Å². The highest BCUT2D eigenvalue weighted by Gasteiger charge is 2.11. The van der Waals surface area contributed by atoms with Crippen LogP contribution in [0.3, 0.4) is 0 Å². The van der Waals surface area contributed by atoms with Gasteiger partial charge < -0.3 is 9.47 Å². The molecule has 0 unspecified atom stereocenters. The van der Waals surface area contributed by atoms with Crippen molar-refractivity contribution in [3.05, 3.63) is 82.3 Å². The molecule has 9 heteroatoms. The van der Waals surface area contributed by atoms with E-state index in [1.807, 2.05) is 66.7 Å². The molecule has 1 N–H and O–H groups in total. The molecule has 1 amide bonds. The minimum atomic E-state index is -0.212. The Kier molecular flexibility index (Phi) is 7.98. The van der Waals surface area contributed by atoms with E-state index in [-0.39, 0.29) is 11.7 Å². The van der Waals surface area contributed by atoms with Gasteiger partial charge >= 0.3 is 0 Å². The van der Waals surface area contributed by atoms with Crippen LogP contribution in [-0.4, -0.2) is 30.0 Å². The molecule has 0 bridgehead atoms. The zero-order valence-corrected chi connectivity index (χ0v) is 20.9. The number of hydrogen-bond donors (Lipinski definition) is 1. The van der Waals surface area contributed by atoms with Crippen LogP contribution in [0.1, 0.15) is 11.1 Å². The zero-order chi connectivity index (χ0) is 23.0. The summed E-state index contributed by atoms with van der Waals surface area (Å²) in [6.07, 6.45) is 1.56. The van der Waals surface area contributed by atoms with E-state index >= 15 is 0 Å². The summed E-state index contributed by atoms with van der Waals surface area (Å²) < 4.78 is 14.4. The fraction of sp³-hybridized carbons (Fsp3) is 0.125. The summed E-state index contributed by atoms with van der Waals surface area (Å²) in [5.41, 5.74) is 5.23. The Bertz CT molecular complexity index is 1240. The van der Waals surface area contributed by atoms with Crippen molar-refractivity contribution in [3.8, 4) is 11.5 Å². The Hall–Kier alpha value is -2.88. The van der Waals surface area contributed by atoms with Crippen molar-refractivity contribution in [2.24, 2.45) is 5.10 Å². The Labute approximate surface area is 208 Å². The third-order valence-corrected chi connectivity index (χ3v) is 7.23. The summed E-state index contributed by atoms with van der Waals surface area (Å²) in [5.74, 6) is 1.16. The van der Waals surface area contributed by atoms with Crippen LogP contribution in [0.5, 0.6) is 11.5 Å². The van der Waals surface area contributed by atoms with Gasteiger partial charge in [-0.25, -0.2) is 10.4 Å². The van der Waals surface area contributed by atoms with Gasteiger partial charge in [0.1, 0.15) is 6.61 Å².